The third-order valence-electron chi connectivity index (χ3n) is 3.44. The van der Waals surface area contributed by atoms with E-state index in [2.05, 4.69) is 0 Å². The molecule has 2 aliphatic heterocycles. The van der Waals surface area contributed by atoms with Crippen LogP contribution in [-0.2, 0) is 9.53 Å². The van der Waals surface area contributed by atoms with Gasteiger partial charge in [0.1, 0.15) is 0 Å². The molecule has 1 saturated heterocycles. The molecular formula is C14H15NO5. The van der Waals surface area contributed by atoms with Crippen molar-refractivity contribution in [2.45, 2.75) is 0 Å². The summed E-state index contributed by atoms with van der Waals surface area (Å²) in [5.41, 5.74) is 0.513. The largest absolute Gasteiger partial charge is 0.454 e. The third-order valence-corrected chi connectivity index (χ3v) is 3.44. The minimum Gasteiger partial charge on any atom is -0.454 e. The summed E-state index contributed by atoms with van der Waals surface area (Å²) < 4.78 is 15.4. The monoisotopic (exact) mass is 277 g/mol. The Labute approximate surface area is 116 Å². The van der Waals surface area contributed by atoms with Gasteiger partial charge in [-0.05, 0) is 18.2 Å². The fraction of sp³-hybridized carbons (Fsp3) is 0.429. The number of amides is 1. The smallest absolute Gasteiger partial charge is 0.231 e. The molecule has 2 aliphatic rings. The first-order chi connectivity index (χ1) is 9.65. The fourth-order valence-electron chi connectivity index (χ4n) is 2.14. The van der Waals surface area contributed by atoms with E-state index < -0.39 is 0 Å². The highest BCUT2D eigenvalue weighted by Crippen LogP contribution is 2.32. The summed E-state index contributed by atoms with van der Waals surface area (Å²) >= 11 is 0. The van der Waals surface area contributed by atoms with Crippen LogP contribution in [0.15, 0.2) is 18.2 Å². The van der Waals surface area contributed by atoms with E-state index in [1.54, 1.807) is 25.2 Å². The van der Waals surface area contributed by atoms with Gasteiger partial charge in [-0.3, -0.25) is 9.59 Å². The molecule has 0 spiro atoms. The lowest BCUT2D eigenvalue weighted by Crippen LogP contribution is -2.44. The number of carbonyl (C=O) groups is 2. The predicted molar refractivity (Wildman–Crippen MR) is 68.8 cm³/mol. The Morgan fingerprint density at radius 2 is 2.00 bits per heavy atom. The van der Waals surface area contributed by atoms with E-state index in [-0.39, 0.29) is 30.9 Å². The van der Waals surface area contributed by atoms with Crippen molar-refractivity contribution in [3.05, 3.63) is 23.8 Å². The third kappa shape index (κ3) is 2.34. The zero-order chi connectivity index (χ0) is 14.1. The van der Waals surface area contributed by atoms with Crippen LogP contribution in [0.3, 0.4) is 0 Å². The molecule has 0 saturated carbocycles. The quantitative estimate of drug-likeness (QED) is 0.758. The molecular weight excluding hydrogens is 262 g/mol. The molecule has 0 aromatic heterocycles. The molecule has 106 valence electrons. The zero-order valence-corrected chi connectivity index (χ0v) is 11.1. The first kappa shape index (κ1) is 12.9. The maximum Gasteiger partial charge on any atom is 0.231 e. The Bertz CT molecular complexity index is 552. The maximum atomic E-state index is 12.2. The van der Waals surface area contributed by atoms with Crippen LogP contribution in [0, 0.1) is 5.92 Å². The van der Waals surface area contributed by atoms with E-state index in [1.807, 2.05) is 0 Å². The number of hydrogen-bond donors (Lipinski definition) is 0. The highest BCUT2D eigenvalue weighted by atomic mass is 16.7. The molecule has 20 heavy (non-hydrogen) atoms. The summed E-state index contributed by atoms with van der Waals surface area (Å²) in [5.74, 6) is 0.920. The van der Waals surface area contributed by atoms with Gasteiger partial charge < -0.3 is 19.1 Å². The summed E-state index contributed by atoms with van der Waals surface area (Å²) in [6, 6.07) is 5.03. The van der Waals surface area contributed by atoms with Crippen LogP contribution in [0.1, 0.15) is 10.4 Å². The second kappa shape index (κ2) is 5.13. The van der Waals surface area contributed by atoms with Crippen LogP contribution in [0.25, 0.3) is 0 Å². The number of nitrogens with zero attached hydrogens (tertiary/aromatic N) is 1. The predicted octanol–water partition coefficient (Wildman–Crippen LogP) is 0.703. The summed E-state index contributed by atoms with van der Waals surface area (Å²) in [6.45, 7) is 1.12. The van der Waals surface area contributed by atoms with Crippen LogP contribution in [0.5, 0.6) is 11.5 Å². The lowest BCUT2D eigenvalue weighted by Gasteiger charge is -2.29. The Hall–Kier alpha value is -2.08. The van der Waals surface area contributed by atoms with Gasteiger partial charge in [-0.2, -0.15) is 0 Å². The number of carbonyl (C=O) groups excluding carboxylic acids is 2. The summed E-state index contributed by atoms with van der Waals surface area (Å²) in [4.78, 5) is 25.5. The van der Waals surface area contributed by atoms with E-state index in [0.717, 1.165) is 0 Å². The molecule has 3 rings (SSSR count). The van der Waals surface area contributed by atoms with E-state index in [9.17, 15) is 9.59 Å². The Kier molecular flexibility index (Phi) is 3.31. The number of likely N-dealkylation sites (N-methyl/N-ethyl adjacent to an activating group) is 1. The minimum absolute atomic E-state index is 0.0506. The van der Waals surface area contributed by atoms with Crippen molar-refractivity contribution in [2.75, 3.05) is 33.6 Å². The first-order valence-corrected chi connectivity index (χ1v) is 6.41. The van der Waals surface area contributed by atoms with Gasteiger partial charge in [0.2, 0.25) is 12.7 Å². The number of rotatable bonds is 4. The molecule has 6 nitrogen and oxygen atoms in total. The van der Waals surface area contributed by atoms with Gasteiger partial charge in [-0.25, -0.2) is 0 Å². The summed E-state index contributed by atoms with van der Waals surface area (Å²) in [6.07, 6.45) is 0. The van der Waals surface area contributed by atoms with Gasteiger partial charge in [0.05, 0.1) is 25.7 Å². The van der Waals surface area contributed by atoms with Crippen LogP contribution >= 0.6 is 0 Å². The fourth-order valence-corrected chi connectivity index (χ4v) is 2.14. The van der Waals surface area contributed by atoms with Gasteiger partial charge in [-0.1, -0.05) is 0 Å². The van der Waals surface area contributed by atoms with Crippen LogP contribution < -0.4 is 9.47 Å². The lowest BCUT2D eigenvalue weighted by atomic mass is 10.1. The average Bonchev–Trinajstić information content (AvgIpc) is 2.83. The molecule has 1 fully saturated rings. The summed E-state index contributed by atoms with van der Waals surface area (Å²) in [5, 5.41) is 0. The number of Topliss-reactive ketones (excluding diaryl/α,β-unsaturated/α-hetero) is 1. The second-order valence-corrected chi connectivity index (χ2v) is 4.92. The van der Waals surface area contributed by atoms with E-state index in [4.69, 9.17) is 14.2 Å². The number of hydrogen-bond acceptors (Lipinski definition) is 5. The van der Waals surface area contributed by atoms with Gasteiger partial charge >= 0.3 is 0 Å². The highest BCUT2D eigenvalue weighted by Gasteiger charge is 2.30. The topological polar surface area (TPSA) is 65.1 Å². The van der Waals surface area contributed by atoms with Crippen molar-refractivity contribution in [3.8, 4) is 11.5 Å². The maximum absolute atomic E-state index is 12.2. The van der Waals surface area contributed by atoms with E-state index in [1.165, 1.54) is 4.90 Å². The molecule has 0 N–H and O–H groups in total. The van der Waals surface area contributed by atoms with Crippen LogP contribution in [-0.4, -0.2) is 50.2 Å². The van der Waals surface area contributed by atoms with Crippen molar-refractivity contribution in [1.82, 2.24) is 4.90 Å². The minimum atomic E-state index is -0.126. The van der Waals surface area contributed by atoms with Crippen molar-refractivity contribution in [1.29, 1.82) is 0 Å². The standard InChI is InChI=1S/C14H15NO5/c1-15(14(17)10-6-18-7-10)5-11(16)9-2-3-12-13(4-9)20-8-19-12/h2-4,10H,5-8H2,1H3. The van der Waals surface area contributed by atoms with E-state index in [0.29, 0.717) is 30.3 Å². The second-order valence-electron chi connectivity index (χ2n) is 4.92. The molecule has 1 aromatic carbocycles. The molecule has 0 atom stereocenters. The molecule has 2 heterocycles. The molecule has 0 bridgehead atoms. The van der Waals surface area contributed by atoms with Crippen molar-refractivity contribution in [3.63, 3.8) is 0 Å². The molecule has 1 amide bonds. The molecule has 0 radical (unpaired) electrons. The molecule has 0 unspecified atom stereocenters. The average molecular weight is 277 g/mol. The Balaban J connectivity index is 1.65. The first-order valence-electron chi connectivity index (χ1n) is 6.41. The van der Waals surface area contributed by atoms with Crippen molar-refractivity contribution >= 4 is 11.7 Å². The molecule has 6 heteroatoms. The number of fused-ring (bicyclic) bond motifs is 1. The Morgan fingerprint density at radius 3 is 2.70 bits per heavy atom. The number of ketones is 1. The molecule has 0 aliphatic carbocycles. The number of benzene rings is 1. The zero-order valence-electron chi connectivity index (χ0n) is 11.1. The summed E-state index contributed by atoms with van der Waals surface area (Å²) in [7, 11) is 1.63. The van der Waals surface area contributed by atoms with Gasteiger partial charge in [0, 0.05) is 12.6 Å². The lowest BCUT2D eigenvalue weighted by molar-refractivity contribution is -0.148. The van der Waals surface area contributed by atoms with E-state index >= 15 is 0 Å². The Morgan fingerprint density at radius 1 is 1.25 bits per heavy atom. The van der Waals surface area contributed by atoms with Crippen molar-refractivity contribution in [2.24, 2.45) is 5.92 Å². The number of ether oxygens (including phenoxy) is 3. The van der Waals surface area contributed by atoms with Gasteiger partial charge in [-0.15, -0.1) is 0 Å². The SMILES string of the molecule is CN(CC(=O)c1ccc2c(c1)OCO2)C(=O)C1COC1. The molecule has 1 aromatic rings. The normalized spacial score (nSPS) is 16.6. The highest BCUT2D eigenvalue weighted by molar-refractivity contribution is 6.00. The van der Waals surface area contributed by atoms with Crippen LogP contribution in [0.4, 0.5) is 0 Å². The van der Waals surface area contributed by atoms with Gasteiger partial charge in [0.25, 0.3) is 0 Å². The van der Waals surface area contributed by atoms with Crippen molar-refractivity contribution < 1.29 is 23.8 Å². The van der Waals surface area contributed by atoms with Gasteiger partial charge in [0.15, 0.2) is 17.3 Å². The van der Waals surface area contributed by atoms with Crippen LogP contribution in [0.2, 0.25) is 0 Å².